The van der Waals surface area contributed by atoms with E-state index in [-0.39, 0.29) is 12.4 Å². The van der Waals surface area contributed by atoms with Crippen LogP contribution in [-0.4, -0.2) is 42.9 Å². The molecule has 0 radical (unpaired) electrons. The molecule has 25 heavy (non-hydrogen) atoms. The second kappa shape index (κ2) is 6.62. The number of esters is 1. The number of aliphatic imine (C=N–C) groups is 1. The fraction of sp³-hybridized carbons (Fsp3) is 0.562. The summed E-state index contributed by atoms with van der Waals surface area (Å²) in [7, 11) is -2.44. The average Bonchev–Trinajstić information content (AvgIpc) is 2.52. The van der Waals surface area contributed by atoms with Gasteiger partial charge in [-0.3, -0.25) is 9.78 Å². The molecule has 0 amide bonds. The molecule has 1 saturated heterocycles. The first-order valence-electron chi connectivity index (χ1n) is 7.76. The van der Waals surface area contributed by atoms with Crippen LogP contribution < -0.4 is 4.72 Å². The third kappa shape index (κ3) is 3.76. The van der Waals surface area contributed by atoms with Crippen LogP contribution in [0.25, 0.3) is 0 Å². The van der Waals surface area contributed by atoms with Gasteiger partial charge >= 0.3 is 5.97 Å². The molecule has 1 atom stereocenters. The summed E-state index contributed by atoms with van der Waals surface area (Å²) in [5.41, 5.74) is -0.369. The lowest BCUT2D eigenvalue weighted by Gasteiger charge is -2.44. The molecule has 138 valence electrons. The van der Waals surface area contributed by atoms with Crippen molar-refractivity contribution in [2.45, 2.75) is 50.5 Å². The van der Waals surface area contributed by atoms with Gasteiger partial charge in [-0.05, 0) is 39.3 Å². The largest absolute Gasteiger partial charge is 0.469 e. The van der Waals surface area contributed by atoms with E-state index in [1.165, 1.54) is 7.11 Å². The minimum absolute atomic E-state index is 0.0688. The minimum Gasteiger partial charge on any atom is -0.469 e. The summed E-state index contributed by atoms with van der Waals surface area (Å²) in [6.07, 6.45) is 3.09. The second-order valence-corrected chi connectivity index (χ2v) is 8.98. The molecule has 0 bridgehead atoms. The Hall–Kier alpha value is -2.16. The quantitative estimate of drug-likeness (QED) is 0.807. The Bertz CT molecular complexity index is 772. The highest BCUT2D eigenvalue weighted by molar-refractivity contribution is 7.91. The van der Waals surface area contributed by atoms with Crippen LogP contribution in [-0.2, 0) is 24.3 Å². The SMILES string of the molecule is COC(=O)C[C@H](N=C1NS(=O)(=O)C(C)(C)C(C)(C)O1)c1cccnc1. The molecule has 1 aliphatic rings. The van der Waals surface area contributed by atoms with Crippen LogP contribution in [0.5, 0.6) is 0 Å². The highest BCUT2D eigenvalue weighted by Crippen LogP contribution is 2.36. The lowest BCUT2D eigenvalue weighted by atomic mass is 9.93. The molecule has 0 aliphatic carbocycles. The number of carbonyl (C=O) groups excluding carboxylic acids is 1. The highest BCUT2D eigenvalue weighted by Gasteiger charge is 2.54. The Kier molecular flexibility index (Phi) is 5.08. The van der Waals surface area contributed by atoms with Crippen molar-refractivity contribution in [2.75, 3.05) is 7.11 Å². The van der Waals surface area contributed by atoms with Crippen LogP contribution in [0.2, 0.25) is 0 Å². The van der Waals surface area contributed by atoms with E-state index in [0.29, 0.717) is 5.56 Å². The Morgan fingerprint density at radius 2 is 2.08 bits per heavy atom. The van der Waals surface area contributed by atoms with Crippen molar-refractivity contribution in [3.05, 3.63) is 30.1 Å². The Morgan fingerprint density at radius 1 is 1.40 bits per heavy atom. The van der Waals surface area contributed by atoms with E-state index in [9.17, 15) is 13.2 Å². The van der Waals surface area contributed by atoms with Crippen LogP contribution in [0.3, 0.4) is 0 Å². The standard InChI is InChI=1S/C16H23N3O5S/c1-15(2)16(3,4)25(21,22)19-14(24-15)18-12(9-13(20)23-5)11-7-6-8-17-10-11/h6-8,10,12H,9H2,1-5H3,(H,18,19)/t12-/m0/s1. The third-order valence-corrected chi connectivity index (χ3v) is 6.90. The van der Waals surface area contributed by atoms with E-state index in [0.717, 1.165) is 0 Å². The number of hydrogen-bond donors (Lipinski definition) is 1. The molecule has 0 aromatic carbocycles. The number of pyridine rings is 1. The van der Waals surface area contributed by atoms with Crippen molar-refractivity contribution >= 4 is 22.0 Å². The van der Waals surface area contributed by atoms with Gasteiger partial charge in [0, 0.05) is 12.4 Å². The monoisotopic (exact) mass is 369 g/mol. The Labute approximate surface area is 147 Å². The summed E-state index contributed by atoms with van der Waals surface area (Å²) in [4.78, 5) is 20.0. The van der Waals surface area contributed by atoms with Gasteiger partial charge in [-0.2, -0.15) is 0 Å². The zero-order valence-electron chi connectivity index (χ0n) is 14.9. The maximum absolute atomic E-state index is 12.5. The van der Waals surface area contributed by atoms with Crippen molar-refractivity contribution in [1.29, 1.82) is 0 Å². The van der Waals surface area contributed by atoms with Gasteiger partial charge < -0.3 is 9.47 Å². The maximum Gasteiger partial charge on any atom is 0.308 e. The number of nitrogens with zero attached hydrogens (tertiary/aromatic N) is 2. The number of amidine groups is 1. The zero-order valence-corrected chi connectivity index (χ0v) is 15.8. The summed E-state index contributed by atoms with van der Waals surface area (Å²) in [6.45, 7) is 6.53. The first kappa shape index (κ1) is 19.2. The van der Waals surface area contributed by atoms with E-state index < -0.39 is 32.4 Å². The summed E-state index contributed by atoms with van der Waals surface area (Å²) in [5.74, 6) is -0.476. The lowest BCUT2D eigenvalue weighted by Crippen LogP contribution is -2.64. The third-order valence-electron chi connectivity index (χ3n) is 4.63. The number of carbonyl (C=O) groups is 1. The molecule has 1 aromatic heterocycles. The van der Waals surface area contributed by atoms with E-state index >= 15 is 0 Å². The minimum atomic E-state index is -3.72. The Morgan fingerprint density at radius 3 is 2.60 bits per heavy atom. The molecule has 1 aliphatic heterocycles. The molecule has 1 aromatic rings. The smallest absolute Gasteiger partial charge is 0.308 e. The first-order valence-corrected chi connectivity index (χ1v) is 9.24. The van der Waals surface area contributed by atoms with Crippen LogP contribution >= 0.6 is 0 Å². The summed E-state index contributed by atoms with van der Waals surface area (Å²) >= 11 is 0. The average molecular weight is 369 g/mol. The van der Waals surface area contributed by atoms with Gasteiger partial charge in [0.05, 0.1) is 19.6 Å². The number of hydrogen-bond acceptors (Lipinski definition) is 7. The van der Waals surface area contributed by atoms with Gasteiger partial charge in [0.1, 0.15) is 10.3 Å². The first-order chi connectivity index (χ1) is 11.5. The van der Waals surface area contributed by atoms with Gasteiger partial charge in [-0.15, -0.1) is 0 Å². The topological polar surface area (TPSA) is 107 Å². The summed E-state index contributed by atoms with van der Waals surface area (Å²) < 4.78 is 36.8. The molecule has 9 heteroatoms. The van der Waals surface area contributed by atoms with Gasteiger partial charge in [-0.25, -0.2) is 18.1 Å². The normalized spacial score (nSPS) is 23.2. The summed E-state index contributed by atoms with van der Waals surface area (Å²) in [6, 6.07) is 2.62. The predicted molar refractivity (Wildman–Crippen MR) is 92.3 cm³/mol. The van der Waals surface area contributed by atoms with Crippen molar-refractivity contribution < 1.29 is 22.7 Å². The highest BCUT2D eigenvalue weighted by atomic mass is 32.2. The molecule has 0 saturated carbocycles. The number of ether oxygens (including phenoxy) is 2. The Balaban J connectivity index is 2.41. The van der Waals surface area contributed by atoms with E-state index in [1.807, 2.05) is 0 Å². The van der Waals surface area contributed by atoms with Gasteiger partial charge in [-0.1, -0.05) is 6.07 Å². The lowest BCUT2D eigenvalue weighted by molar-refractivity contribution is -0.141. The molecule has 1 N–H and O–H groups in total. The summed E-state index contributed by atoms with van der Waals surface area (Å²) in [5, 5.41) is 0. The fourth-order valence-corrected chi connectivity index (χ4v) is 3.47. The van der Waals surface area contributed by atoms with Crippen LogP contribution in [0, 0.1) is 0 Å². The molecule has 0 spiro atoms. The zero-order chi connectivity index (χ0) is 18.9. The molecule has 2 rings (SSSR count). The molecular weight excluding hydrogens is 346 g/mol. The number of rotatable bonds is 4. The van der Waals surface area contributed by atoms with E-state index in [4.69, 9.17) is 9.47 Å². The maximum atomic E-state index is 12.5. The number of aromatic nitrogens is 1. The number of sulfonamides is 1. The fourth-order valence-electron chi connectivity index (χ4n) is 2.20. The van der Waals surface area contributed by atoms with Crippen molar-refractivity contribution in [3.63, 3.8) is 0 Å². The van der Waals surface area contributed by atoms with Crippen LogP contribution in [0.4, 0.5) is 0 Å². The molecule has 0 unspecified atom stereocenters. The van der Waals surface area contributed by atoms with Crippen LogP contribution in [0.15, 0.2) is 29.5 Å². The second-order valence-electron chi connectivity index (χ2n) is 6.74. The molecule has 1 fully saturated rings. The van der Waals surface area contributed by atoms with Crippen molar-refractivity contribution in [2.24, 2.45) is 4.99 Å². The molecule has 2 heterocycles. The van der Waals surface area contributed by atoms with Gasteiger partial charge in [0.2, 0.25) is 10.0 Å². The molecule has 8 nitrogen and oxygen atoms in total. The van der Waals surface area contributed by atoms with Gasteiger partial charge in [0.25, 0.3) is 6.02 Å². The predicted octanol–water partition coefficient (Wildman–Crippen LogP) is 1.55. The van der Waals surface area contributed by atoms with E-state index in [1.54, 1.807) is 52.2 Å². The number of nitrogens with one attached hydrogen (secondary N) is 1. The molecular formula is C16H23N3O5S. The van der Waals surface area contributed by atoms with Crippen LogP contribution in [0.1, 0.15) is 45.7 Å². The van der Waals surface area contributed by atoms with E-state index in [2.05, 4.69) is 14.7 Å². The van der Waals surface area contributed by atoms with Crippen molar-refractivity contribution in [3.8, 4) is 0 Å². The van der Waals surface area contributed by atoms with Crippen molar-refractivity contribution in [1.82, 2.24) is 9.71 Å². The number of methoxy groups -OCH3 is 1. The van der Waals surface area contributed by atoms with Gasteiger partial charge in [0.15, 0.2) is 0 Å².